The first-order chi connectivity index (χ1) is 17.5. The van der Waals surface area contributed by atoms with Crippen LogP contribution in [0.25, 0.3) is 11.3 Å². The van der Waals surface area contributed by atoms with E-state index in [0.29, 0.717) is 35.2 Å². The molecular formula is C28H28Cl2N4OS. The lowest BCUT2D eigenvalue weighted by atomic mass is 10.1. The van der Waals surface area contributed by atoms with Crippen molar-refractivity contribution >= 4 is 45.6 Å². The third kappa shape index (κ3) is 6.65. The van der Waals surface area contributed by atoms with Gasteiger partial charge < -0.3 is 16.0 Å². The molecule has 3 aromatic carbocycles. The Labute approximate surface area is 225 Å². The summed E-state index contributed by atoms with van der Waals surface area (Å²) >= 11 is 13.8. The third-order valence-electron chi connectivity index (χ3n) is 5.74. The molecule has 0 aliphatic rings. The maximum Gasteiger partial charge on any atom is 0.251 e. The molecule has 0 spiro atoms. The predicted molar refractivity (Wildman–Crippen MR) is 151 cm³/mol. The smallest absolute Gasteiger partial charge is 0.251 e. The number of hydrogen-bond acceptors (Lipinski definition) is 5. The van der Waals surface area contributed by atoms with Gasteiger partial charge in [-0.25, -0.2) is 4.98 Å². The van der Waals surface area contributed by atoms with Crippen LogP contribution in [-0.4, -0.2) is 17.4 Å². The zero-order chi connectivity index (χ0) is 25.5. The minimum Gasteiger partial charge on any atom is -0.348 e. The number of carbonyl (C=O) groups is 1. The van der Waals surface area contributed by atoms with E-state index in [1.54, 1.807) is 17.4 Å². The molecule has 4 rings (SSSR count). The van der Waals surface area contributed by atoms with E-state index in [2.05, 4.69) is 17.1 Å². The van der Waals surface area contributed by atoms with E-state index >= 15 is 0 Å². The van der Waals surface area contributed by atoms with E-state index in [4.69, 9.17) is 33.9 Å². The Hall–Kier alpha value is -2.90. The molecule has 0 unspecified atom stereocenters. The van der Waals surface area contributed by atoms with Gasteiger partial charge >= 0.3 is 0 Å². The van der Waals surface area contributed by atoms with Crippen molar-refractivity contribution in [3.8, 4) is 11.3 Å². The highest BCUT2D eigenvalue weighted by molar-refractivity contribution is 7.14. The molecule has 0 aliphatic carbocycles. The molecule has 0 radical (unpaired) electrons. The minimum absolute atomic E-state index is 0.101. The molecule has 8 heteroatoms. The molecule has 1 aromatic heterocycles. The summed E-state index contributed by atoms with van der Waals surface area (Å²) in [4.78, 5) is 19.7. The van der Waals surface area contributed by atoms with Crippen LogP contribution in [0, 0.1) is 0 Å². The molecule has 5 nitrogen and oxygen atoms in total. The number of thiazole rings is 1. The standard InChI is InChI=1S/C28H28Cl2N4OS/c1-2-12-34(28-33-26(18-36-28)23-10-11-24(29)25(30)14-23)17-19-6-8-22(9-7-19)27(35)32-16-21-5-3-4-20(13-21)15-31/h3-11,13-14,18H,2,12,15-17,31H2,1H3,(H,32,35). The first kappa shape index (κ1) is 26.2. The van der Waals surface area contributed by atoms with Crippen LogP contribution in [0.4, 0.5) is 5.13 Å². The molecule has 1 amide bonds. The quantitative estimate of drug-likeness (QED) is 0.230. The van der Waals surface area contributed by atoms with Gasteiger partial charge in [0.05, 0.1) is 15.7 Å². The summed E-state index contributed by atoms with van der Waals surface area (Å²) in [5.74, 6) is -0.101. The van der Waals surface area contributed by atoms with Crippen molar-refractivity contribution < 1.29 is 4.79 Å². The van der Waals surface area contributed by atoms with Gasteiger partial charge in [0.25, 0.3) is 5.91 Å². The summed E-state index contributed by atoms with van der Waals surface area (Å²) < 4.78 is 0. The van der Waals surface area contributed by atoms with Crippen LogP contribution >= 0.6 is 34.5 Å². The Morgan fingerprint density at radius 1 is 1.00 bits per heavy atom. The number of amides is 1. The van der Waals surface area contributed by atoms with E-state index in [-0.39, 0.29) is 5.91 Å². The molecule has 0 saturated heterocycles. The van der Waals surface area contributed by atoms with Gasteiger partial charge in [0.15, 0.2) is 5.13 Å². The highest BCUT2D eigenvalue weighted by Gasteiger charge is 2.14. The van der Waals surface area contributed by atoms with Gasteiger partial charge in [-0.15, -0.1) is 11.3 Å². The zero-order valence-electron chi connectivity index (χ0n) is 20.0. The molecule has 3 N–H and O–H groups in total. The zero-order valence-corrected chi connectivity index (χ0v) is 22.3. The molecule has 0 bridgehead atoms. The van der Waals surface area contributed by atoms with Gasteiger partial charge in [-0.2, -0.15) is 0 Å². The van der Waals surface area contributed by atoms with Gasteiger partial charge in [0.1, 0.15) is 0 Å². The predicted octanol–water partition coefficient (Wildman–Crippen LogP) is 6.92. The van der Waals surface area contributed by atoms with E-state index < -0.39 is 0 Å². The van der Waals surface area contributed by atoms with E-state index in [9.17, 15) is 4.79 Å². The lowest BCUT2D eigenvalue weighted by molar-refractivity contribution is 0.0951. The fraction of sp³-hybridized carbons (Fsp3) is 0.214. The molecule has 0 fully saturated rings. The van der Waals surface area contributed by atoms with Crippen molar-refractivity contribution in [2.45, 2.75) is 33.0 Å². The third-order valence-corrected chi connectivity index (χ3v) is 7.38. The second kappa shape index (κ2) is 12.4. The molecule has 0 saturated carbocycles. The van der Waals surface area contributed by atoms with Gasteiger partial charge in [-0.1, -0.05) is 72.6 Å². The van der Waals surface area contributed by atoms with Crippen molar-refractivity contribution in [1.29, 1.82) is 0 Å². The highest BCUT2D eigenvalue weighted by atomic mass is 35.5. The van der Waals surface area contributed by atoms with E-state index in [1.807, 2.05) is 66.0 Å². The maximum absolute atomic E-state index is 12.6. The first-order valence-electron chi connectivity index (χ1n) is 11.8. The summed E-state index contributed by atoms with van der Waals surface area (Å²) in [5, 5.41) is 7.01. The van der Waals surface area contributed by atoms with Crippen LogP contribution in [0.1, 0.15) is 40.4 Å². The summed E-state index contributed by atoms with van der Waals surface area (Å²) in [6, 6.07) is 21.2. The van der Waals surface area contributed by atoms with Crippen LogP contribution in [0.2, 0.25) is 10.0 Å². The summed E-state index contributed by atoms with van der Waals surface area (Å²) in [7, 11) is 0. The fourth-order valence-electron chi connectivity index (χ4n) is 3.84. The number of nitrogens with one attached hydrogen (secondary N) is 1. The normalized spacial score (nSPS) is 10.9. The second-order valence-electron chi connectivity index (χ2n) is 8.47. The largest absolute Gasteiger partial charge is 0.348 e. The first-order valence-corrected chi connectivity index (χ1v) is 13.4. The van der Waals surface area contributed by atoms with Gasteiger partial charge in [-0.05, 0) is 47.4 Å². The molecule has 1 heterocycles. The molecular weight excluding hydrogens is 511 g/mol. The Morgan fingerprint density at radius 3 is 2.50 bits per heavy atom. The van der Waals surface area contributed by atoms with Crippen molar-refractivity contribution in [3.05, 3.63) is 104 Å². The lowest BCUT2D eigenvalue weighted by Gasteiger charge is -2.21. The average molecular weight is 540 g/mol. The second-order valence-corrected chi connectivity index (χ2v) is 10.1. The molecule has 186 valence electrons. The van der Waals surface area contributed by atoms with Crippen molar-refractivity contribution in [2.75, 3.05) is 11.4 Å². The molecule has 4 aromatic rings. The number of halogens is 2. The number of carbonyl (C=O) groups excluding carboxylic acids is 1. The van der Waals surface area contributed by atoms with E-state index in [0.717, 1.165) is 46.0 Å². The topological polar surface area (TPSA) is 71.2 Å². The van der Waals surface area contributed by atoms with Gasteiger partial charge in [-0.3, -0.25) is 4.79 Å². The van der Waals surface area contributed by atoms with Crippen LogP contribution in [-0.2, 0) is 19.6 Å². The number of anilines is 1. The highest BCUT2D eigenvalue weighted by Crippen LogP contribution is 2.32. The number of nitrogens with zero attached hydrogens (tertiary/aromatic N) is 2. The van der Waals surface area contributed by atoms with Crippen LogP contribution in [0.3, 0.4) is 0 Å². The summed E-state index contributed by atoms with van der Waals surface area (Å²) in [6.45, 7) is 4.67. The molecule has 36 heavy (non-hydrogen) atoms. The summed E-state index contributed by atoms with van der Waals surface area (Å²) in [5.41, 5.74) is 11.3. The van der Waals surface area contributed by atoms with E-state index in [1.165, 1.54) is 0 Å². The van der Waals surface area contributed by atoms with Crippen LogP contribution < -0.4 is 16.0 Å². The van der Waals surface area contributed by atoms with Crippen LogP contribution in [0.5, 0.6) is 0 Å². The van der Waals surface area contributed by atoms with Crippen LogP contribution in [0.15, 0.2) is 72.1 Å². The van der Waals surface area contributed by atoms with Crippen molar-refractivity contribution in [2.24, 2.45) is 5.73 Å². The molecule has 0 aliphatic heterocycles. The van der Waals surface area contributed by atoms with Gasteiger partial charge in [0, 0.05) is 42.7 Å². The van der Waals surface area contributed by atoms with Crippen molar-refractivity contribution in [1.82, 2.24) is 10.3 Å². The SMILES string of the molecule is CCCN(Cc1ccc(C(=O)NCc2cccc(CN)c2)cc1)c1nc(-c2ccc(Cl)c(Cl)c2)cs1. The average Bonchev–Trinajstić information content (AvgIpc) is 3.39. The monoisotopic (exact) mass is 538 g/mol. The minimum atomic E-state index is -0.101. The van der Waals surface area contributed by atoms with Gasteiger partial charge in [0.2, 0.25) is 0 Å². The number of aromatic nitrogens is 1. The number of hydrogen-bond donors (Lipinski definition) is 2. The summed E-state index contributed by atoms with van der Waals surface area (Å²) in [6.07, 6.45) is 0.994. The fourth-order valence-corrected chi connectivity index (χ4v) is 5.00. The number of rotatable bonds is 10. The van der Waals surface area contributed by atoms with Crippen molar-refractivity contribution in [3.63, 3.8) is 0 Å². The Morgan fingerprint density at radius 2 is 1.78 bits per heavy atom. The lowest BCUT2D eigenvalue weighted by Crippen LogP contribution is -2.24. The molecule has 0 atom stereocenters. The number of nitrogens with two attached hydrogens (primary N) is 1. The number of benzene rings is 3. The Balaban J connectivity index is 1.40. The maximum atomic E-state index is 12.6. The Kier molecular flexibility index (Phi) is 8.99. The Bertz CT molecular complexity index is 1320.